The van der Waals surface area contributed by atoms with Crippen molar-refractivity contribution in [1.29, 1.82) is 0 Å². The van der Waals surface area contributed by atoms with E-state index < -0.39 is 29.5 Å². The highest BCUT2D eigenvalue weighted by molar-refractivity contribution is 7.17. The molecule has 2 N–H and O–H groups in total. The summed E-state index contributed by atoms with van der Waals surface area (Å²) < 4.78 is 44.2. The number of halogens is 3. The van der Waals surface area contributed by atoms with E-state index in [-0.39, 0.29) is 22.7 Å². The maximum atomic E-state index is 13.0. The molecule has 0 saturated carbocycles. The SMILES string of the molecule is CCOC(=O)c1c(NC(=O)C(=O)N/N=C\c2ccccc2C(F)(F)F)sc2c1CC[C@@H](C)C2. The van der Waals surface area contributed by atoms with Crippen LogP contribution in [0.2, 0.25) is 0 Å². The second kappa shape index (κ2) is 10.2. The number of fused-ring (bicyclic) bond motifs is 1. The third-order valence-corrected chi connectivity index (χ3v) is 6.23. The van der Waals surface area contributed by atoms with Gasteiger partial charge in [-0.15, -0.1) is 11.3 Å². The molecule has 176 valence electrons. The molecule has 0 radical (unpaired) electrons. The number of anilines is 1. The topological polar surface area (TPSA) is 96.9 Å². The number of nitrogens with one attached hydrogen (secondary N) is 2. The average molecular weight is 481 g/mol. The number of amides is 2. The number of hydrogen-bond acceptors (Lipinski definition) is 6. The fourth-order valence-corrected chi connectivity index (χ4v) is 4.89. The van der Waals surface area contributed by atoms with Crippen LogP contribution in [-0.2, 0) is 33.3 Å². The molecular formula is C22H22F3N3O4S. The number of carbonyl (C=O) groups is 3. The molecule has 7 nitrogen and oxygen atoms in total. The Morgan fingerprint density at radius 1 is 1.24 bits per heavy atom. The Labute approximate surface area is 192 Å². The number of ether oxygens (including phenoxy) is 1. The Kier molecular flexibility index (Phi) is 7.52. The smallest absolute Gasteiger partial charge is 0.417 e. The first-order chi connectivity index (χ1) is 15.6. The van der Waals surface area contributed by atoms with Crippen molar-refractivity contribution >= 4 is 40.3 Å². The second-order valence-electron chi connectivity index (χ2n) is 7.51. The Morgan fingerprint density at radius 2 is 1.97 bits per heavy atom. The lowest BCUT2D eigenvalue weighted by Crippen LogP contribution is -2.32. The summed E-state index contributed by atoms with van der Waals surface area (Å²) in [6.45, 7) is 3.91. The molecule has 0 fully saturated rings. The molecule has 1 aliphatic carbocycles. The van der Waals surface area contributed by atoms with Crippen molar-refractivity contribution in [2.45, 2.75) is 39.3 Å². The van der Waals surface area contributed by atoms with Gasteiger partial charge < -0.3 is 10.1 Å². The zero-order valence-corrected chi connectivity index (χ0v) is 18.7. The highest BCUT2D eigenvalue weighted by Gasteiger charge is 2.33. The number of thiophene rings is 1. The van der Waals surface area contributed by atoms with Crippen molar-refractivity contribution in [3.63, 3.8) is 0 Å². The van der Waals surface area contributed by atoms with Crippen molar-refractivity contribution in [3.05, 3.63) is 51.4 Å². The molecule has 2 aromatic rings. The number of alkyl halides is 3. The lowest BCUT2D eigenvalue weighted by Gasteiger charge is -2.18. The number of carbonyl (C=O) groups excluding carboxylic acids is 3. The highest BCUT2D eigenvalue weighted by Crippen LogP contribution is 2.40. The average Bonchev–Trinajstić information content (AvgIpc) is 3.10. The molecule has 0 saturated heterocycles. The van der Waals surface area contributed by atoms with Gasteiger partial charge in [-0.1, -0.05) is 25.1 Å². The van der Waals surface area contributed by atoms with Gasteiger partial charge in [0, 0.05) is 10.4 Å². The first-order valence-electron chi connectivity index (χ1n) is 10.2. The Morgan fingerprint density at radius 3 is 2.67 bits per heavy atom. The van der Waals surface area contributed by atoms with Crippen LogP contribution in [0.1, 0.15) is 52.2 Å². The number of nitrogens with zero attached hydrogens (tertiary/aromatic N) is 1. The second-order valence-corrected chi connectivity index (χ2v) is 8.62. The van der Waals surface area contributed by atoms with Gasteiger partial charge in [0.15, 0.2) is 0 Å². The van der Waals surface area contributed by atoms with E-state index in [4.69, 9.17) is 4.74 Å². The summed E-state index contributed by atoms with van der Waals surface area (Å²) in [6.07, 6.45) is -1.49. The maximum Gasteiger partial charge on any atom is 0.417 e. The van der Waals surface area contributed by atoms with Gasteiger partial charge >= 0.3 is 24.0 Å². The molecule has 1 atom stereocenters. The lowest BCUT2D eigenvalue weighted by atomic mass is 9.88. The molecule has 33 heavy (non-hydrogen) atoms. The van der Waals surface area contributed by atoms with E-state index in [1.807, 2.05) is 5.43 Å². The van der Waals surface area contributed by atoms with E-state index in [9.17, 15) is 27.6 Å². The van der Waals surface area contributed by atoms with Gasteiger partial charge in [0.2, 0.25) is 0 Å². The van der Waals surface area contributed by atoms with E-state index in [0.717, 1.165) is 35.6 Å². The quantitative estimate of drug-likeness (QED) is 0.290. The van der Waals surface area contributed by atoms with E-state index in [0.29, 0.717) is 12.3 Å². The third-order valence-electron chi connectivity index (χ3n) is 5.06. The Balaban J connectivity index is 1.74. The van der Waals surface area contributed by atoms with Crippen LogP contribution in [-0.4, -0.2) is 30.6 Å². The molecular weight excluding hydrogens is 459 g/mol. The summed E-state index contributed by atoms with van der Waals surface area (Å²) in [6, 6.07) is 4.68. The summed E-state index contributed by atoms with van der Waals surface area (Å²) in [5, 5.41) is 6.09. The van der Waals surface area contributed by atoms with E-state index in [1.54, 1.807) is 6.92 Å². The van der Waals surface area contributed by atoms with Crippen LogP contribution < -0.4 is 10.7 Å². The van der Waals surface area contributed by atoms with E-state index >= 15 is 0 Å². The fourth-order valence-electron chi connectivity index (χ4n) is 3.50. The molecule has 0 unspecified atom stereocenters. The van der Waals surface area contributed by atoms with Crippen molar-refractivity contribution in [3.8, 4) is 0 Å². The van der Waals surface area contributed by atoms with Gasteiger partial charge in [-0.2, -0.15) is 18.3 Å². The number of rotatable bonds is 5. The van der Waals surface area contributed by atoms with Gasteiger partial charge in [0.25, 0.3) is 0 Å². The molecule has 11 heteroatoms. The summed E-state index contributed by atoms with van der Waals surface area (Å²) >= 11 is 1.21. The van der Waals surface area contributed by atoms with Crippen molar-refractivity contribution in [2.75, 3.05) is 11.9 Å². The normalized spacial score (nSPS) is 15.7. The number of esters is 1. The number of hydrazone groups is 1. The fraction of sp³-hybridized carbons (Fsp3) is 0.364. The largest absolute Gasteiger partial charge is 0.462 e. The lowest BCUT2D eigenvalue weighted by molar-refractivity contribution is -0.137. The number of benzene rings is 1. The van der Waals surface area contributed by atoms with Gasteiger partial charge in [0.1, 0.15) is 5.00 Å². The van der Waals surface area contributed by atoms with Gasteiger partial charge in [-0.05, 0) is 43.7 Å². The maximum absolute atomic E-state index is 13.0. The summed E-state index contributed by atoms with van der Waals surface area (Å²) in [5.74, 6) is -2.45. The van der Waals surface area contributed by atoms with Crippen molar-refractivity contribution in [2.24, 2.45) is 11.0 Å². The molecule has 2 amide bonds. The van der Waals surface area contributed by atoms with Gasteiger partial charge in [-0.3, -0.25) is 9.59 Å². The molecule has 0 aliphatic heterocycles. The first-order valence-corrected chi connectivity index (χ1v) is 11.1. The van der Waals surface area contributed by atoms with Crippen LogP contribution in [0, 0.1) is 5.92 Å². The van der Waals surface area contributed by atoms with Crippen molar-refractivity contribution in [1.82, 2.24) is 5.43 Å². The van der Waals surface area contributed by atoms with Gasteiger partial charge in [-0.25, -0.2) is 10.2 Å². The molecule has 3 rings (SSSR count). The first kappa shape index (κ1) is 24.4. The Hall–Kier alpha value is -3.21. The minimum Gasteiger partial charge on any atom is -0.462 e. The summed E-state index contributed by atoms with van der Waals surface area (Å²) in [4.78, 5) is 38.0. The molecule has 0 spiro atoms. The standard InChI is InChI=1S/C22H22F3N3O4S/c1-3-32-21(31)17-14-9-8-12(2)10-16(14)33-20(17)27-18(29)19(30)28-26-11-13-6-4-5-7-15(13)22(23,24)25/h4-7,11-12H,3,8-10H2,1-2H3,(H,27,29)(H,28,30)/b26-11-/t12-/m1/s1. The van der Waals surface area contributed by atoms with Crippen LogP contribution in [0.4, 0.5) is 18.2 Å². The van der Waals surface area contributed by atoms with E-state index in [2.05, 4.69) is 17.3 Å². The predicted octanol–water partition coefficient (Wildman–Crippen LogP) is 4.16. The van der Waals surface area contributed by atoms with Crippen LogP contribution in [0.15, 0.2) is 29.4 Å². The summed E-state index contributed by atoms with van der Waals surface area (Å²) in [7, 11) is 0. The molecule has 0 bridgehead atoms. The summed E-state index contributed by atoms with van der Waals surface area (Å²) in [5.41, 5.74) is 1.77. The van der Waals surface area contributed by atoms with Crippen molar-refractivity contribution < 1.29 is 32.3 Å². The van der Waals surface area contributed by atoms with Crippen LogP contribution in [0.25, 0.3) is 0 Å². The van der Waals surface area contributed by atoms with Crippen LogP contribution in [0.3, 0.4) is 0 Å². The van der Waals surface area contributed by atoms with Crippen LogP contribution in [0.5, 0.6) is 0 Å². The molecule has 1 heterocycles. The predicted molar refractivity (Wildman–Crippen MR) is 117 cm³/mol. The molecule has 1 aromatic carbocycles. The minimum absolute atomic E-state index is 0.155. The van der Waals surface area contributed by atoms with Gasteiger partial charge in [0.05, 0.1) is 23.9 Å². The third kappa shape index (κ3) is 5.78. The Bertz CT molecular complexity index is 1100. The number of hydrogen-bond donors (Lipinski definition) is 2. The van der Waals surface area contributed by atoms with Crippen LogP contribution >= 0.6 is 11.3 Å². The molecule has 1 aliphatic rings. The molecule has 1 aromatic heterocycles. The zero-order valence-electron chi connectivity index (χ0n) is 17.9. The highest BCUT2D eigenvalue weighted by atomic mass is 32.1. The monoisotopic (exact) mass is 481 g/mol. The zero-order chi connectivity index (χ0) is 24.2. The van der Waals surface area contributed by atoms with E-state index in [1.165, 1.54) is 29.5 Å². The minimum atomic E-state index is -4.59.